The molecule has 0 aromatic heterocycles. The molecule has 1 aromatic carbocycles. The van der Waals surface area contributed by atoms with Gasteiger partial charge in [-0.15, -0.1) is 0 Å². The Bertz CT molecular complexity index is 384. The molecule has 0 aliphatic heterocycles. The smallest absolute Gasteiger partial charge is 0.333 e. The van der Waals surface area contributed by atoms with Gasteiger partial charge in [-0.25, -0.2) is 4.79 Å². The van der Waals surface area contributed by atoms with Crippen LogP contribution in [0.15, 0.2) is 42.0 Å². The Morgan fingerprint density at radius 3 is 2.59 bits per heavy atom. The third kappa shape index (κ3) is 4.83. The topological polar surface area (TPSA) is 29.5 Å². The molecule has 0 heterocycles. The predicted molar refractivity (Wildman–Crippen MR) is 68.5 cm³/mol. The van der Waals surface area contributed by atoms with Crippen LogP contribution in [0.4, 0.5) is 0 Å². The van der Waals surface area contributed by atoms with Crippen molar-refractivity contribution in [3.8, 4) is 0 Å². The molecular formula is C14H19NO2. The summed E-state index contributed by atoms with van der Waals surface area (Å²) in [5.41, 5.74) is 1.91. The summed E-state index contributed by atoms with van der Waals surface area (Å²) in [7, 11) is 3.42. The maximum absolute atomic E-state index is 11.2. The van der Waals surface area contributed by atoms with Gasteiger partial charge in [-0.2, -0.15) is 0 Å². The molecule has 92 valence electrons. The lowest BCUT2D eigenvalue weighted by Crippen LogP contribution is -2.18. The molecule has 0 saturated heterocycles. The minimum Gasteiger partial charge on any atom is -0.466 e. The normalized spacial score (nSPS) is 11.6. The molecule has 0 aliphatic rings. The second-order valence-electron chi connectivity index (χ2n) is 4.06. The molecule has 3 heteroatoms. The molecule has 0 amide bonds. The van der Waals surface area contributed by atoms with Crippen molar-refractivity contribution in [1.29, 1.82) is 0 Å². The van der Waals surface area contributed by atoms with Gasteiger partial charge in [-0.05, 0) is 19.5 Å². The molecule has 1 rings (SSSR count). The van der Waals surface area contributed by atoms with E-state index in [1.165, 1.54) is 12.7 Å². The van der Waals surface area contributed by atoms with Crippen molar-refractivity contribution < 1.29 is 9.53 Å². The first-order valence-corrected chi connectivity index (χ1v) is 5.61. The lowest BCUT2D eigenvalue weighted by atomic mass is 10.2. The highest BCUT2D eigenvalue weighted by Crippen LogP contribution is 2.03. The molecule has 0 saturated carbocycles. The number of benzene rings is 1. The maximum atomic E-state index is 11.2. The lowest BCUT2D eigenvalue weighted by Gasteiger charge is -2.14. The van der Waals surface area contributed by atoms with Crippen molar-refractivity contribution in [3.05, 3.63) is 47.5 Å². The van der Waals surface area contributed by atoms with E-state index in [2.05, 4.69) is 21.8 Å². The quantitative estimate of drug-likeness (QED) is 0.577. The Morgan fingerprint density at radius 2 is 2.00 bits per heavy atom. The van der Waals surface area contributed by atoms with Gasteiger partial charge in [0, 0.05) is 18.7 Å². The van der Waals surface area contributed by atoms with Gasteiger partial charge in [-0.1, -0.05) is 36.4 Å². The van der Waals surface area contributed by atoms with Gasteiger partial charge in [0.05, 0.1) is 7.11 Å². The first-order chi connectivity index (χ1) is 8.13. The Morgan fingerprint density at radius 1 is 1.35 bits per heavy atom. The van der Waals surface area contributed by atoms with E-state index >= 15 is 0 Å². The Balaban J connectivity index is 2.45. The van der Waals surface area contributed by atoms with E-state index in [0.29, 0.717) is 5.57 Å². The summed E-state index contributed by atoms with van der Waals surface area (Å²) in [6, 6.07) is 10.2. The molecule has 0 unspecified atom stereocenters. The number of carbonyl (C=O) groups excluding carboxylic acids is 1. The molecule has 0 radical (unpaired) electrons. The van der Waals surface area contributed by atoms with Gasteiger partial charge in [0.15, 0.2) is 0 Å². The first-order valence-electron chi connectivity index (χ1n) is 5.61. The molecule has 3 nitrogen and oxygen atoms in total. The van der Waals surface area contributed by atoms with Gasteiger partial charge in [-0.3, -0.25) is 4.90 Å². The van der Waals surface area contributed by atoms with Crippen LogP contribution in [0.2, 0.25) is 0 Å². The van der Waals surface area contributed by atoms with E-state index in [9.17, 15) is 4.79 Å². The molecule has 0 N–H and O–H groups in total. The zero-order valence-corrected chi connectivity index (χ0v) is 10.6. The molecule has 0 spiro atoms. The second kappa shape index (κ2) is 6.86. The van der Waals surface area contributed by atoms with E-state index in [-0.39, 0.29) is 5.97 Å². The summed E-state index contributed by atoms with van der Waals surface area (Å²) in [4.78, 5) is 13.3. The fourth-order valence-electron chi connectivity index (χ4n) is 1.50. The van der Waals surface area contributed by atoms with Crippen molar-refractivity contribution >= 4 is 5.97 Å². The Labute approximate surface area is 103 Å². The van der Waals surface area contributed by atoms with Gasteiger partial charge in [0.25, 0.3) is 0 Å². The van der Waals surface area contributed by atoms with Crippen LogP contribution in [0.5, 0.6) is 0 Å². The highest BCUT2D eigenvalue weighted by molar-refractivity contribution is 5.87. The standard InChI is InChI=1S/C14H19NO2/c1-12(14(16)17-3)9-10-15(2)11-13-7-5-4-6-8-13/h4-9H,10-11H2,1-3H3. The number of nitrogens with zero attached hydrogens (tertiary/aromatic N) is 1. The van der Waals surface area contributed by atoms with Crippen molar-refractivity contribution in [2.45, 2.75) is 13.5 Å². The zero-order valence-electron chi connectivity index (χ0n) is 10.6. The van der Waals surface area contributed by atoms with E-state index in [1.54, 1.807) is 6.92 Å². The third-order valence-corrected chi connectivity index (χ3v) is 2.51. The predicted octanol–water partition coefficient (Wildman–Crippen LogP) is 2.24. The zero-order chi connectivity index (χ0) is 12.7. The molecule has 1 aromatic rings. The highest BCUT2D eigenvalue weighted by Gasteiger charge is 2.03. The number of rotatable bonds is 5. The number of ether oxygens (including phenoxy) is 1. The van der Waals surface area contributed by atoms with Crippen molar-refractivity contribution in [3.63, 3.8) is 0 Å². The van der Waals surface area contributed by atoms with Crippen LogP contribution in [0.25, 0.3) is 0 Å². The van der Waals surface area contributed by atoms with Crippen LogP contribution in [-0.2, 0) is 16.1 Å². The monoisotopic (exact) mass is 233 g/mol. The minimum atomic E-state index is -0.266. The number of hydrogen-bond donors (Lipinski definition) is 0. The molecule has 0 aliphatic carbocycles. The fourth-order valence-corrected chi connectivity index (χ4v) is 1.50. The van der Waals surface area contributed by atoms with E-state index < -0.39 is 0 Å². The Kier molecular flexibility index (Phi) is 5.43. The number of carbonyl (C=O) groups is 1. The average Bonchev–Trinajstić information content (AvgIpc) is 2.36. The van der Waals surface area contributed by atoms with Crippen LogP contribution < -0.4 is 0 Å². The molecule has 0 fully saturated rings. The van der Waals surface area contributed by atoms with E-state index in [1.807, 2.05) is 31.3 Å². The summed E-state index contributed by atoms with van der Waals surface area (Å²) in [6.07, 6.45) is 1.88. The summed E-state index contributed by atoms with van der Waals surface area (Å²) in [6.45, 7) is 3.36. The SMILES string of the molecule is COC(=O)C(C)=CCN(C)Cc1ccccc1. The van der Waals surface area contributed by atoms with Crippen LogP contribution >= 0.6 is 0 Å². The van der Waals surface area contributed by atoms with Crippen molar-refractivity contribution in [2.75, 3.05) is 20.7 Å². The second-order valence-corrected chi connectivity index (χ2v) is 4.06. The highest BCUT2D eigenvalue weighted by atomic mass is 16.5. The van der Waals surface area contributed by atoms with Crippen LogP contribution in [0, 0.1) is 0 Å². The summed E-state index contributed by atoms with van der Waals surface area (Å²) in [5, 5.41) is 0. The number of methoxy groups -OCH3 is 1. The van der Waals surface area contributed by atoms with Crippen LogP contribution in [0.1, 0.15) is 12.5 Å². The maximum Gasteiger partial charge on any atom is 0.333 e. The van der Waals surface area contributed by atoms with Crippen LogP contribution in [0.3, 0.4) is 0 Å². The van der Waals surface area contributed by atoms with E-state index in [4.69, 9.17) is 0 Å². The summed E-state index contributed by atoms with van der Waals surface area (Å²) >= 11 is 0. The lowest BCUT2D eigenvalue weighted by molar-refractivity contribution is -0.136. The van der Waals surface area contributed by atoms with Gasteiger partial charge >= 0.3 is 5.97 Å². The average molecular weight is 233 g/mol. The van der Waals surface area contributed by atoms with E-state index in [0.717, 1.165) is 13.1 Å². The summed E-state index contributed by atoms with van der Waals surface area (Å²) in [5.74, 6) is -0.266. The number of hydrogen-bond acceptors (Lipinski definition) is 3. The first kappa shape index (κ1) is 13.5. The van der Waals surface area contributed by atoms with Crippen molar-refractivity contribution in [1.82, 2.24) is 4.90 Å². The largest absolute Gasteiger partial charge is 0.466 e. The van der Waals surface area contributed by atoms with Crippen LogP contribution in [-0.4, -0.2) is 31.6 Å². The third-order valence-electron chi connectivity index (χ3n) is 2.51. The van der Waals surface area contributed by atoms with Gasteiger partial charge < -0.3 is 4.74 Å². The summed E-state index contributed by atoms with van der Waals surface area (Å²) < 4.78 is 4.64. The Hall–Kier alpha value is -1.61. The number of esters is 1. The molecule has 17 heavy (non-hydrogen) atoms. The van der Waals surface area contributed by atoms with Gasteiger partial charge in [0.1, 0.15) is 0 Å². The number of likely N-dealkylation sites (N-methyl/N-ethyl adjacent to an activating group) is 1. The molecular weight excluding hydrogens is 214 g/mol. The molecule has 0 atom stereocenters. The van der Waals surface area contributed by atoms with Gasteiger partial charge in [0.2, 0.25) is 0 Å². The fraction of sp³-hybridized carbons (Fsp3) is 0.357. The minimum absolute atomic E-state index is 0.266. The van der Waals surface area contributed by atoms with Crippen molar-refractivity contribution in [2.24, 2.45) is 0 Å². The molecule has 0 bridgehead atoms.